The molecule has 2 amide bonds. The highest BCUT2D eigenvalue weighted by Gasteiger charge is 2.29. The number of amides is 2. The van der Waals surface area contributed by atoms with Crippen LogP contribution >= 0.6 is 11.3 Å². The Morgan fingerprint density at radius 3 is 2.43 bits per heavy atom. The molecule has 8 nitrogen and oxygen atoms in total. The minimum Gasteiger partial charge on any atom is -0.481 e. The van der Waals surface area contributed by atoms with Crippen LogP contribution in [0.2, 0.25) is 0 Å². The van der Waals surface area contributed by atoms with Crippen LogP contribution in [0.25, 0.3) is 0 Å². The second kappa shape index (κ2) is 13.3. The van der Waals surface area contributed by atoms with E-state index >= 15 is 0 Å². The van der Waals surface area contributed by atoms with Crippen molar-refractivity contribution in [1.82, 2.24) is 5.43 Å². The summed E-state index contributed by atoms with van der Waals surface area (Å²) in [4.78, 5) is 39.5. The van der Waals surface area contributed by atoms with Crippen molar-refractivity contribution in [2.75, 3.05) is 11.9 Å². The van der Waals surface area contributed by atoms with Gasteiger partial charge < -0.3 is 14.8 Å². The van der Waals surface area contributed by atoms with E-state index in [0.717, 1.165) is 35.3 Å². The predicted molar refractivity (Wildman–Crippen MR) is 167 cm³/mol. The molecule has 222 valence electrons. The number of carbonyl (C=O) groups is 3. The van der Waals surface area contributed by atoms with Gasteiger partial charge in [0.2, 0.25) is 0 Å². The molecule has 1 aliphatic carbocycles. The van der Waals surface area contributed by atoms with Gasteiger partial charge in [0.1, 0.15) is 10.8 Å². The lowest BCUT2D eigenvalue weighted by atomic mass is 9.87. The predicted octanol–water partition coefficient (Wildman–Crippen LogP) is 6.52. The van der Waals surface area contributed by atoms with Crippen LogP contribution in [0.5, 0.6) is 5.75 Å². The number of hydrogen-bond acceptors (Lipinski definition) is 7. The molecule has 0 saturated heterocycles. The molecule has 0 aliphatic heterocycles. The lowest BCUT2D eigenvalue weighted by molar-refractivity contribution is -0.127. The fraction of sp³-hybridized carbons (Fsp3) is 0.394. The fourth-order valence-electron chi connectivity index (χ4n) is 4.71. The summed E-state index contributed by atoms with van der Waals surface area (Å²) >= 11 is 1.45. The monoisotopic (exact) mass is 589 g/mol. The van der Waals surface area contributed by atoms with E-state index < -0.39 is 18.0 Å². The molecule has 1 heterocycles. The average molecular weight is 590 g/mol. The number of thiophene rings is 1. The highest BCUT2D eigenvalue weighted by molar-refractivity contribution is 7.17. The summed E-state index contributed by atoms with van der Waals surface area (Å²) in [6.45, 7) is 12.3. The maximum Gasteiger partial charge on any atom is 0.341 e. The van der Waals surface area contributed by atoms with E-state index in [1.165, 1.54) is 16.9 Å². The van der Waals surface area contributed by atoms with E-state index in [0.29, 0.717) is 27.8 Å². The molecule has 1 aliphatic rings. The van der Waals surface area contributed by atoms with Crippen LogP contribution < -0.4 is 15.5 Å². The van der Waals surface area contributed by atoms with Crippen molar-refractivity contribution >= 4 is 40.3 Å². The Morgan fingerprint density at radius 2 is 1.79 bits per heavy atom. The quantitative estimate of drug-likeness (QED) is 0.168. The summed E-state index contributed by atoms with van der Waals surface area (Å²) in [5.74, 6) is -0.178. The number of esters is 1. The molecule has 2 N–H and O–H groups in total. The largest absolute Gasteiger partial charge is 0.481 e. The van der Waals surface area contributed by atoms with Crippen LogP contribution in [-0.4, -0.2) is 36.7 Å². The van der Waals surface area contributed by atoms with Gasteiger partial charge in [-0.1, -0.05) is 52.0 Å². The Kier molecular flexibility index (Phi) is 9.83. The van der Waals surface area contributed by atoms with Crippen LogP contribution in [-0.2, 0) is 27.8 Å². The number of ether oxygens (including phenoxy) is 2. The molecule has 2 atom stereocenters. The molecule has 4 rings (SSSR count). The Bertz CT molecular complexity index is 1450. The Morgan fingerprint density at radius 1 is 1.10 bits per heavy atom. The first-order chi connectivity index (χ1) is 20.0. The SMILES string of the molecule is CCOC(=O)c1c(NC(=O)c2ccc(OC(C)C(=O)NN=Cc3ccc(C(C)(C)C)cc3)cc2)sc2c1CCC(C)C2. The van der Waals surface area contributed by atoms with Gasteiger partial charge in [-0.15, -0.1) is 11.3 Å². The highest BCUT2D eigenvalue weighted by atomic mass is 32.1. The summed E-state index contributed by atoms with van der Waals surface area (Å²) < 4.78 is 11.1. The molecule has 2 aromatic carbocycles. The summed E-state index contributed by atoms with van der Waals surface area (Å²) in [7, 11) is 0. The van der Waals surface area contributed by atoms with Crippen molar-refractivity contribution in [3.63, 3.8) is 0 Å². The minimum absolute atomic E-state index is 0.0643. The van der Waals surface area contributed by atoms with Crippen LogP contribution in [0.3, 0.4) is 0 Å². The molecule has 0 spiro atoms. The van der Waals surface area contributed by atoms with Crippen LogP contribution in [0.15, 0.2) is 53.6 Å². The van der Waals surface area contributed by atoms with E-state index in [2.05, 4.69) is 43.5 Å². The zero-order valence-electron chi connectivity index (χ0n) is 25.1. The molecule has 0 fully saturated rings. The van der Waals surface area contributed by atoms with Gasteiger partial charge >= 0.3 is 5.97 Å². The van der Waals surface area contributed by atoms with E-state index in [-0.39, 0.29) is 17.9 Å². The zero-order valence-corrected chi connectivity index (χ0v) is 25.9. The summed E-state index contributed by atoms with van der Waals surface area (Å²) in [5, 5.41) is 7.49. The van der Waals surface area contributed by atoms with Crippen molar-refractivity contribution in [2.45, 2.75) is 72.3 Å². The number of nitrogens with zero attached hydrogens (tertiary/aromatic N) is 1. The van der Waals surface area contributed by atoms with Gasteiger partial charge in [0.15, 0.2) is 6.10 Å². The highest BCUT2D eigenvalue weighted by Crippen LogP contribution is 2.40. The molecule has 9 heteroatoms. The van der Waals surface area contributed by atoms with Crippen molar-refractivity contribution < 1.29 is 23.9 Å². The Balaban J connectivity index is 1.34. The van der Waals surface area contributed by atoms with E-state index in [1.54, 1.807) is 44.3 Å². The molecular weight excluding hydrogens is 550 g/mol. The maximum absolute atomic E-state index is 13.1. The lowest BCUT2D eigenvalue weighted by Crippen LogP contribution is -2.33. The number of fused-ring (bicyclic) bond motifs is 1. The van der Waals surface area contributed by atoms with Crippen LogP contribution in [0, 0.1) is 5.92 Å². The van der Waals surface area contributed by atoms with Crippen molar-refractivity contribution in [1.29, 1.82) is 0 Å². The number of anilines is 1. The van der Waals surface area contributed by atoms with Crippen LogP contribution in [0.1, 0.15) is 90.2 Å². The molecule has 0 saturated carbocycles. The van der Waals surface area contributed by atoms with Crippen LogP contribution in [0.4, 0.5) is 5.00 Å². The second-order valence-electron chi connectivity index (χ2n) is 11.6. The van der Waals surface area contributed by atoms with Gasteiger partial charge in [-0.3, -0.25) is 9.59 Å². The first-order valence-corrected chi connectivity index (χ1v) is 15.1. The third kappa shape index (κ3) is 7.64. The van der Waals surface area contributed by atoms with Gasteiger partial charge in [-0.05, 0) is 85.4 Å². The second-order valence-corrected chi connectivity index (χ2v) is 12.7. The summed E-state index contributed by atoms with van der Waals surface area (Å²) in [6, 6.07) is 14.5. The number of nitrogens with one attached hydrogen (secondary N) is 2. The van der Waals surface area contributed by atoms with E-state index in [4.69, 9.17) is 9.47 Å². The molecule has 0 bridgehead atoms. The van der Waals surface area contributed by atoms with Crippen molar-refractivity contribution in [3.8, 4) is 5.75 Å². The minimum atomic E-state index is -0.808. The first-order valence-electron chi connectivity index (χ1n) is 14.3. The van der Waals surface area contributed by atoms with Crippen molar-refractivity contribution in [2.24, 2.45) is 11.0 Å². The number of hydrogen-bond donors (Lipinski definition) is 2. The molecule has 2 unspecified atom stereocenters. The third-order valence-corrected chi connectivity index (χ3v) is 8.35. The van der Waals surface area contributed by atoms with E-state index in [1.807, 2.05) is 24.3 Å². The third-order valence-electron chi connectivity index (χ3n) is 7.18. The summed E-state index contributed by atoms with van der Waals surface area (Å²) in [6.07, 6.45) is 3.46. The average Bonchev–Trinajstić information content (AvgIpc) is 3.30. The van der Waals surface area contributed by atoms with Gasteiger partial charge in [-0.2, -0.15) is 5.10 Å². The zero-order chi connectivity index (χ0) is 30.4. The van der Waals surface area contributed by atoms with Gasteiger partial charge in [0.25, 0.3) is 11.8 Å². The standard InChI is InChI=1S/C33H39N3O5S/c1-7-40-32(39)28-26-17-8-20(2)18-27(26)42-31(28)35-30(38)23-11-15-25(16-12-23)41-21(3)29(37)36-34-19-22-9-13-24(14-10-22)33(4,5)6/h9-16,19-21H,7-8,17-18H2,1-6H3,(H,35,38)(H,36,37). The van der Waals surface area contributed by atoms with Crippen molar-refractivity contribution in [3.05, 3.63) is 81.2 Å². The summed E-state index contributed by atoms with van der Waals surface area (Å²) in [5.41, 5.74) is 6.52. The van der Waals surface area contributed by atoms with Gasteiger partial charge in [0, 0.05) is 10.4 Å². The number of benzene rings is 2. The molecular formula is C33H39N3O5S. The van der Waals surface area contributed by atoms with E-state index in [9.17, 15) is 14.4 Å². The molecule has 3 aromatic rings. The fourth-order valence-corrected chi connectivity index (χ4v) is 6.10. The molecule has 42 heavy (non-hydrogen) atoms. The number of hydrazone groups is 1. The van der Waals surface area contributed by atoms with Gasteiger partial charge in [-0.25, -0.2) is 10.2 Å². The number of rotatable bonds is 9. The number of carbonyl (C=O) groups excluding carboxylic acids is 3. The Hall–Kier alpha value is -3.98. The normalized spacial score (nSPS) is 15.5. The Labute approximate surface area is 251 Å². The first kappa shape index (κ1) is 31.0. The molecule has 1 aromatic heterocycles. The molecule has 0 radical (unpaired) electrons. The maximum atomic E-state index is 13.1. The lowest BCUT2D eigenvalue weighted by Gasteiger charge is -2.18. The smallest absolute Gasteiger partial charge is 0.341 e. The topological polar surface area (TPSA) is 106 Å². The van der Waals surface area contributed by atoms with Gasteiger partial charge in [0.05, 0.1) is 18.4 Å².